The highest BCUT2D eigenvalue weighted by molar-refractivity contribution is 5.88. The second-order valence-electron chi connectivity index (χ2n) is 7.88. The summed E-state index contributed by atoms with van der Waals surface area (Å²) in [6, 6.07) is 16.5. The van der Waals surface area contributed by atoms with E-state index >= 15 is 0 Å². The minimum absolute atomic E-state index is 0.0214. The lowest BCUT2D eigenvalue weighted by Crippen LogP contribution is -2.42. The molecule has 4 nitrogen and oxygen atoms in total. The van der Waals surface area contributed by atoms with Gasteiger partial charge in [0.05, 0.1) is 16.8 Å². The first-order valence-corrected chi connectivity index (χ1v) is 10.2. The number of benzene rings is 2. The highest BCUT2D eigenvalue weighted by Gasteiger charge is 2.42. The van der Waals surface area contributed by atoms with Gasteiger partial charge in [-0.15, -0.1) is 0 Å². The van der Waals surface area contributed by atoms with Crippen molar-refractivity contribution in [2.75, 3.05) is 0 Å². The molecule has 2 aromatic carbocycles. The number of halogens is 1. The number of rotatable bonds is 5. The molecule has 0 bridgehead atoms. The highest BCUT2D eigenvalue weighted by Crippen LogP contribution is 2.41. The molecule has 1 amide bonds. The zero-order valence-corrected chi connectivity index (χ0v) is 16.9. The van der Waals surface area contributed by atoms with Crippen LogP contribution in [0.3, 0.4) is 0 Å². The lowest BCUT2D eigenvalue weighted by molar-refractivity contribution is -0.126. The van der Waals surface area contributed by atoms with Gasteiger partial charge in [0.15, 0.2) is 0 Å². The molecule has 1 aliphatic rings. The van der Waals surface area contributed by atoms with E-state index < -0.39 is 5.41 Å². The van der Waals surface area contributed by atoms with E-state index in [1.807, 2.05) is 54.9 Å². The van der Waals surface area contributed by atoms with E-state index in [9.17, 15) is 9.18 Å². The van der Waals surface area contributed by atoms with Crippen molar-refractivity contribution >= 4 is 5.91 Å². The van der Waals surface area contributed by atoms with Gasteiger partial charge in [-0.3, -0.25) is 4.79 Å². The van der Waals surface area contributed by atoms with Gasteiger partial charge in [0.2, 0.25) is 5.91 Å². The summed E-state index contributed by atoms with van der Waals surface area (Å²) in [5, 5.41) is 7.79. The average molecular weight is 391 g/mol. The van der Waals surface area contributed by atoms with Crippen LogP contribution in [0.1, 0.15) is 48.2 Å². The van der Waals surface area contributed by atoms with Crippen LogP contribution in [0.4, 0.5) is 4.39 Å². The van der Waals surface area contributed by atoms with E-state index in [0.29, 0.717) is 6.54 Å². The Bertz CT molecular complexity index is 1020. The van der Waals surface area contributed by atoms with E-state index in [1.165, 1.54) is 12.1 Å². The number of nitrogens with one attached hydrogen (secondary N) is 1. The standard InChI is InChI=1S/C24H26FN3O/c1-17-22(18(2)28(27-17)21-11-4-3-5-12-21)16-26-23(29)24(13-6-7-14-24)19-9-8-10-20(25)15-19/h3-5,8-12,15H,6-7,13-14,16H2,1-2H3,(H,26,29). The molecular formula is C24H26FN3O. The van der Waals surface area contributed by atoms with Crippen LogP contribution in [-0.2, 0) is 16.8 Å². The molecule has 3 aromatic rings. The summed E-state index contributed by atoms with van der Waals surface area (Å²) >= 11 is 0. The number of amides is 1. The maximum absolute atomic E-state index is 13.8. The zero-order valence-electron chi connectivity index (χ0n) is 16.9. The maximum Gasteiger partial charge on any atom is 0.230 e. The number of hydrogen-bond donors (Lipinski definition) is 1. The summed E-state index contributed by atoms with van der Waals surface area (Å²) in [7, 11) is 0. The Hall–Kier alpha value is -2.95. The summed E-state index contributed by atoms with van der Waals surface area (Å²) < 4.78 is 15.7. The van der Waals surface area contributed by atoms with Crippen LogP contribution >= 0.6 is 0 Å². The summed E-state index contributed by atoms with van der Waals surface area (Å²) in [4.78, 5) is 13.3. The van der Waals surface area contributed by atoms with E-state index in [1.54, 1.807) is 6.07 Å². The van der Waals surface area contributed by atoms with Crippen molar-refractivity contribution in [1.29, 1.82) is 0 Å². The summed E-state index contributed by atoms with van der Waals surface area (Å²) in [5.74, 6) is -0.315. The first-order chi connectivity index (χ1) is 14.0. The summed E-state index contributed by atoms with van der Waals surface area (Å²) in [6.07, 6.45) is 3.47. The molecule has 4 rings (SSSR count). The van der Waals surface area contributed by atoms with Crippen molar-refractivity contribution in [2.45, 2.75) is 51.5 Å². The van der Waals surface area contributed by atoms with Crippen molar-refractivity contribution in [3.63, 3.8) is 0 Å². The predicted molar refractivity (Wildman–Crippen MR) is 111 cm³/mol. The number of carbonyl (C=O) groups is 1. The fourth-order valence-electron chi connectivity index (χ4n) is 4.50. The zero-order chi connectivity index (χ0) is 20.4. The second kappa shape index (κ2) is 7.82. The number of para-hydroxylation sites is 1. The van der Waals surface area contributed by atoms with Gasteiger partial charge in [-0.05, 0) is 56.5 Å². The van der Waals surface area contributed by atoms with Gasteiger partial charge in [0.1, 0.15) is 5.82 Å². The number of nitrogens with zero attached hydrogens (tertiary/aromatic N) is 2. The van der Waals surface area contributed by atoms with Crippen LogP contribution in [0.2, 0.25) is 0 Å². The van der Waals surface area contributed by atoms with Gasteiger partial charge < -0.3 is 5.32 Å². The molecule has 1 heterocycles. The van der Waals surface area contributed by atoms with E-state index in [-0.39, 0.29) is 11.7 Å². The Kier molecular flexibility index (Phi) is 5.22. The third-order valence-corrected chi connectivity index (χ3v) is 6.14. The largest absolute Gasteiger partial charge is 0.351 e. The average Bonchev–Trinajstić information content (AvgIpc) is 3.33. The maximum atomic E-state index is 13.8. The third-order valence-electron chi connectivity index (χ3n) is 6.14. The first-order valence-electron chi connectivity index (χ1n) is 10.2. The Morgan fingerprint density at radius 1 is 1.10 bits per heavy atom. The second-order valence-corrected chi connectivity index (χ2v) is 7.88. The molecule has 0 saturated heterocycles. The minimum atomic E-state index is -0.640. The van der Waals surface area contributed by atoms with Gasteiger partial charge in [-0.2, -0.15) is 5.10 Å². The fraction of sp³-hybridized carbons (Fsp3) is 0.333. The summed E-state index contributed by atoms with van der Waals surface area (Å²) in [5.41, 5.74) is 4.07. The Labute approximate surface area is 170 Å². The smallest absolute Gasteiger partial charge is 0.230 e. The van der Waals surface area contributed by atoms with Crippen LogP contribution in [0.25, 0.3) is 5.69 Å². The Balaban J connectivity index is 1.57. The number of aryl methyl sites for hydroxylation is 1. The molecule has 5 heteroatoms. The van der Waals surface area contributed by atoms with Gasteiger partial charge in [-0.25, -0.2) is 9.07 Å². The molecule has 1 saturated carbocycles. The Morgan fingerprint density at radius 2 is 1.83 bits per heavy atom. The monoisotopic (exact) mass is 391 g/mol. The molecule has 29 heavy (non-hydrogen) atoms. The lowest BCUT2D eigenvalue weighted by atomic mass is 9.78. The van der Waals surface area contributed by atoms with Crippen LogP contribution in [-0.4, -0.2) is 15.7 Å². The van der Waals surface area contributed by atoms with Gasteiger partial charge in [-0.1, -0.05) is 43.2 Å². The third kappa shape index (κ3) is 3.57. The molecule has 1 aliphatic carbocycles. The molecular weight excluding hydrogens is 365 g/mol. The quantitative estimate of drug-likeness (QED) is 0.682. The van der Waals surface area contributed by atoms with Crippen LogP contribution in [0, 0.1) is 19.7 Å². The lowest BCUT2D eigenvalue weighted by Gasteiger charge is -2.28. The van der Waals surface area contributed by atoms with Crippen molar-refractivity contribution in [3.8, 4) is 5.69 Å². The molecule has 1 aromatic heterocycles. The SMILES string of the molecule is Cc1nn(-c2ccccc2)c(C)c1CNC(=O)C1(c2cccc(F)c2)CCCC1. The topological polar surface area (TPSA) is 46.9 Å². The highest BCUT2D eigenvalue weighted by atomic mass is 19.1. The number of carbonyl (C=O) groups excluding carboxylic acids is 1. The molecule has 0 spiro atoms. The van der Waals surface area contributed by atoms with E-state index in [2.05, 4.69) is 10.4 Å². The van der Waals surface area contributed by atoms with Crippen molar-refractivity contribution in [1.82, 2.24) is 15.1 Å². The van der Waals surface area contributed by atoms with Gasteiger partial charge in [0.25, 0.3) is 0 Å². The van der Waals surface area contributed by atoms with Crippen LogP contribution < -0.4 is 5.32 Å². The van der Waals surface area contributed by atoms with Crippen LogP contribution in [0.15, 0.2) is 54.6 Å². The summed E-state index contributed by atoms with van der Waals surface area (Å²) in [6.45, 7) is 4.40. The van der Waals surface area contributed by atoms with Crippen molar-refractivity contribution < 1.29 is 9.18 Å². The first kappa shape index (κ1) is 19.4. The fourth-order valence-corrected chi connectivity index (χ4v) is 4.50. The predicted octanol–water partition coefficient (Wildman–Crippen LogP) is 4.76. The molecule has 150 valence electrons. The number of hydrogen-bond acceptors (Lipinski definition) is 2. The van der Waals surface area contributed by atoms with Gasteiger partial charge >= 0.3 is 0 Å². The van der Waals surface area contributed by atoms with Gasteiger partial charge in [0, 0.05) is 17.8 Å². The molecule has 0 unspecified atom stereocenters. The molecule has 1 fully saturated rings. The van der Waals surface area contributed by atoms with E-state index in [4.69, 9.17) is 0 Å². The van der Waals surface area contributed by atoms with Crippen molar-refractivity contribution in [2.24, 2.45) is 0 Å². The minimum Gasteiger partial charge on any atom is -0.351 e. The molecule has 1 N–H and O–H groups in total. The number of aromatic nitrogens is 2. The van der Waals surface area contributed by atoms with E-state index in [0.717, 1.165) is 53.9 Å². The molecule has 0 aliphatic heterocycles. The normalized spacial score (nSPS) is 15.4. The van der Waals surface area contributed by atoms with Crippen LogP contribution in [0.5, 0.6) is 0 Å². The molecule has 0 radical (unpaired) electrons. The Morgan fingerprint density at radius 3 is 2.52 bits per heavy atom. The van der Waals surface area contributed by atoms with Crippen molar-refractivity contribution in [3.05, 3.63) is 82.9 Å². The molecule has 0 atom stereocenters.